The molecule has 0 fully saturated rings. The summed E-state index contributed by atoms with van der Waals surface area (Å²) in [7, 11) is 0. The number of thioether (sulfide) groups is 1. The monoisotopic (exact) mass is 436 g/mol. The Hall–Kier alpha value is -1.90. The number of ether oxygens (including phenoxy) is 2. The molecule has 1 aliphatic rings. The second-order valence-electron chi connectivity index (χ2n) is 7.42. The van der Waals surface area contributed by atoms with Gasteiger partial charge < -0.3 is 19.2 Å². The fourth-order valence-electron chi connectivity index (χ4n) is 3.26. The summed E-state index contributed by atoms with van der Waals surface area (Å²) < 4.78 is 17.0. The van der Waals surface area contributed by atoms with Gasteiger partial charge in [-0.2, -0.15) is 0 Å². The predicted octanol–water partition coefficient (Wildman–Crippen LogP) is 3.93. The van der Waals surface area contributed by atoms with E-state index in [9.17, 15) is 9.59 Å². The van der Waals surface area contributed by atoms with E-state index >= 15 is 0 Å². The third-order valence-electron chi connectivity index (χ3n) is 4.83. The zero-order valence-corrected chi connectivity index (χ0v) is 19.3. The van der Waals surface area contributed by atoms with Gasteiger partial charge in [0.1, 0.15) is 16.3 Å². The lowest BCUT2D eigenvalue weighted by Gasteiger charge is -2.28. The molecule has 0 aliphatic carbocycles. The topological polar surface area (TPSA) is 90.1 Å². The van der Waals surface area contributed by atoms with Crippen LogP contribution < -0.4 is 10.9 Å². The normalized spacial score (nSPS) is 20.0. The summed E-state index contributed by atoms with van der Waals surface area (Å²) in [5, 5.41) is 3.67. The van der Waals surface area contributed by atoms with Crippen molar-refractivity contribution in [2.45, 2.75) is 64.8 Å². The molecule has 7 nitrogen and oxygen atoms in total. The van der Waals surface area contributed by atoms with Crippen LogP contribution in [0.25, 0.3) is 6.08 Å². The van der Waals surface area contributed by atoms with Crippen molar-refractivity contribution in [3.63, 3.8) is 0 Å². The summed E-state index contributed by atoms with van der Waals surface area (Å²) in [6.45, 7) is 14.0. The minimum atomic E-state index is -0.974. The molecule has 2 rings (SSSR count). The maximum Gasteiger partial charge on any atom is 0.336 e. The van der Waals surface area contributed by atoms with E-state index in [1.807, 2.05) is 27.7 Å². The number of carbonyl (C=O) groups excluding carboxylic acids is 1. The van der Waals surface area contributed by atoms with Crippen LogP contribution in [0, 0.1) is 0 Å². The first kappa shape index (κ1) is 24.4. The van der Waals surface area contributed by atoms with Crippen molar-refractivity contribution in [3.05, 3.63) is 40.5 Å². The van der Waals surface area contributed by atoms with Gasteiger partial charge in [0.2, 0.25) is 11.7 Å². The minimum absolute atomic E-state index is 0.231. The van der Waals surface area contributed by atoms with Crippen LogP contribution in [0.5, 0.6) is 0 Å². The molecule has 8 heteroatoms. The van der Waals surface area contributed by atoms with Crippen LogP contribution in [-0.2, 0) is 14.3 Å². The maximum atomic E-state index is 13.2. The third-order valence-corrected chi connectivity index (χ3v) is 6.27. The van der Waals surface area contributed by atoms with Gasteiger partial charge in [0.05, 0.1) is 6.04 Å². The van der Waals surface area contributed by atoms with E-state index in [2.05, 4.69) is 11.9 Å². The number of hydrogen-bond donors (Lipinski definition) is 1. The zero-order valence-electron chi connectivity index (χ0n) is 18.4. The summed E-state index contributed by atoms with van der Waals surface area (Å²) in [5.74, 6) is -0.315. The van der Waals surface area contributed by atoms with Crippen LogP contribution in [0.3, 0.4) is 0 Å². The van der Waals surface area contributed by atoms with E-state index in [0.29, 0.717) is 41.8 Å². The lowest BCUT2D eigenvalue weighted by atomic mass is 10.0. The van der Waals surface area contributed by atoms with Gasteiger partial charge in [0.25, 0.3) is 0 Å². The Balaban J connectivity index is 2.27. The van der Waals surface area contributed by atoms with Gasteiger partial charge in [0.15, 0.2) is 0 Å². The van der Waals surface area contributed by atoms with Crippen LogP contribution in [0.15, 0.2) is 32.9 Å². The molecule has 30 heavy (non-hydrogen) atoms. The molecule has 1 aromatic rings. The van der Waals surface area contributed by atoms with Crippen molar-refractivity contribution >= 4 is 28.8 Å². The van der Waals surface area contributed by atoms with Gasteiger partial charge in [-0.05, 0) is 45.7 Å². The highest BCUT2D eigenvalue weighted by Gasteiger charge is 2.45. The van der Waals surface area contributed by atoms with Gasteiger partial charge in [-0.1, -0.05) is 26.0 Å². The first-order chi connectivity index (χ1) is 14.2. The van der Waals surface area contributed by atoms with E-state index in [1.54, 1.807) is 19.1 Å². The Kier molecular flexibility index (Phi) is 8.46. The van der Waals surface area contributed by atoms with Gasteiger partial charge >= 0.3 is 5.63 Å². The standard InChI is InChI=1S/C22H32N2O5S/c1-7-11-16(17-12-15(8-2)13-18(25)29-17)23-19(26)21(5)14-30-20(24-21)22(6,27-9-3)28-10-4/h8,12-13,16H,2,7,9-11,14H2,1,3-6H3,(H,23,26)/t16-,21+/m1/s1. The number of nitrogens with one attached hydrogen (secondary N) is 1. The molecule has 0 saturated heterocycles. The van der Waals surface area contributed by atoms with Crippen molar-refractivity contribution in [1.82, 2.24) is 5.32 Å². The summed E-state index contributed by atoms with van der Waals surface area (Å²) in [5.41, 5.74) is -0.786. The van der Waals surface area contributed by atoms with Gasteiger partial charge in [-0.15, -0.1) is 11.8 Å². The Morgan fingerprint density at radius 2 is 2.07 bits per heavy atom. The van der Waals surface area contributed by atoms with E-state index in [1.165, 1.54) is 17.8 Å². The highest BCUT2D eigenvalue weighted by atomic mass is 32.2. The number of hydrogen-bond acceptors (Lipinski definition) is 7. The highest BCUT2D eigenvalue weighted by molar-refractivity contribution is 8.14. The van der Waals surface area contributed by atoms with Crippen LogP contribution in [0.4, 0.5) is 0 Å². The second kappa shape index (κ2) is 10.4. The molecule has 2 atom stereocenters. The lowest BCUT2D eigenvalue weighted by Crippen LogP contribution is -2.45. The van der Waals surface area contributed by atoms with E-state index in [-0.39, 0.29) is 5.91 Å². The van der Waals surface area contributed by atoms with Crippen molar-refractivity contribution in [1.29, 1.82) is 0 Å². The minimum Gasteiger partial charge on any atom is -0.426 e. The second-order valence-corrected chi connectivity index (χ2v) is 8.39. The smallest absolute Gasteiger partial charge is 0.336 e. The molecule has 0 aromatic carbocycles. The molecule has 1 aliphatic heterocycles. The van der Waals surface area contributed by atoms with Crippen molar-refractivity contribution in [2.24, 2.45) is 4.99 Å². The fraction of sp³-hybridized carbons (Fsp3) is 0.591. The fourth-order valence-corrected chi connectivity index (χ4v) is 4.52. The Bertz CT molecular complexity index is 844. The molecule has 166 valence electrons. The first-order valence-corrected chi connectivity index (χ1v) is 11.3. The van der Waals surface area contributed by atoms with E-state index in [4.69, 9.17) is 18.9 Å². The lowest BCUT2D eigenvalue weighted by molar-refractivity contribution is -0.169. The SMILES string of the molecule is C=Cc1cc([C@@H](CCC)NC(=O)[C@]2(C)CSC(C(C)(OCC)OCC)=N2)oc(=O)c1. The van der Waals surface area contributed by atoms with Crippen LogP contribution in [0.2, 0.25) is 0 Å². The summed E-state index contributed by atoms with van der Waals surface area (Å²) in [4.78, 5) is 29.8. The average molecular weight is 437 g/mol. The zero-order chi connectivity index (χ0) is 22.4. The highest BCUT2D eigenvalue weighted by Crippen LogP contribution is 2.35. The molecule has 0 unspecified atom stereocenters. The summed E-state index contributed by atoms with van der Waals surface area (Å²) >= 11 is 1.46. The molecular formula is C22H32N2O5S. The largest absolute Gasteiger partial charge is 0.426 e. The molecule has 0 bridgehead atoms. The van der Waals surface area contributed by atoms with Crippen LogP contribution in [-0.4, -0.2) is 41.2 Å². The summed E-state index contributed by atoms with van der Waals surface area (Å²) in [6, 6.07) is 2.67. The van der Waals surface area contributed by atoms with Crippen LogP contribution in [0.1, 0.15) is 64.8 Å². The molecular weight excluding hydrogens is 404 g/mol. The molecule has 0 saturated carbocycles. The Labute approximate surface area is 182 Å². The van der Waals surface area contributed by atoms with Gasteiger partial charge in [-0.25, -0.2) is 4.79 Å². The molecule has 1 aromatic heterocycles. The number of amides is 1. The molecule has 2 heterocycles. The van der Waals surface area contributed by atoms with Crippen molar-refractivity contribution in [3.8, 4) is 0 Å². The maximum absolute atomic E-state index is 13.2. The molecule has 0 spiro atoms. The molecule has 1 N–H and O–H groups in total. The molecule has 1 amide bonds. The van der Waals surface area contributed by atoms with Crippen LogP contribution >= 0.6 is 11.8 Å². The van der Waals surface area contributed by atoms with Gasteiger partial charge in [-0.3, -0.25) is 9.79 Å². The van der Waals surface area contributed by atoms with Crippen molar-refractivity contribution < 1.29 is 18.7 Å². The predicted molar refractivity (Wildman–Crippen MR) is 121 cm³/mol. The number of rotatable bonds is 11. The summed E-state index contributed by atoms with van der Waals surface area (Å²) in [6.07, 6.45) is 3.02. The Morgan fingerprint density at radius 3 is 2.63 bits per heavy atom. The molecule has 0 radical (unpaired) electrons. The average Bonchev–Trinajstić information content (AvgIpc) is 3.12. The van der Waals surface area contributed by atoms with E-state index < -0.39 is 23.0 Å². The number of carbonyl (C=O) groups is 1. The number of nitrogens with zero attached hydrogens (tertiary/aromatic N) is 1. The first-order valence-electron chi connectivity index (χ1n) is 10.3. The number of aliphatic imine (C=N–C) groups is 1. The third kappa shape index (κ3) is 5.62. The van der Waals surface area contributed by atoms with Gasteiger partial charge in [0, 0.05) is 25.0 Å². The Morgan fingerprint density at radius 1 is 1.40 bits per heavy atom. The quantitative estimate of drug-likeness (QED) is 0.529. The van der Waals surface area contributed by atoms with Crippen molar-refractivity contribution in [2.75, 3.05) is 19.0 Å². The van der Waals surface area contributed by atoms with E-state index in [0.717, 1.165) is 6.42 Å².